The van der Waals surface area contributed by atoms with Crippen LogP contribution in [0, 0.1) is 5.92 Å². The quantitative estimate of drug-likeness (QED) is 0.532. The van der Waals surface area contributed by atoms with Gasteiger partial charge < -0.3 is 9.84 Å². The smallest absolute Gasteiger partial charge is 0.336 e. The first-order valence-electron chi connectivity index (χ1n) is 9.40. The minimum Gasteiger partial charge on any atom is -0.478 e. The first kappa shape index (κ1) is 22.4. The number of carboxylic acid groups (broad SMARTS) is 1. The molecule has 1 unspecified atom stereocenters. The number of hydrogen-bond acceptors (Lipinski definition) is 4. The average Bonchev–Trinajstić information content (AvgIpc) is 2.68. The van der Waals surface area contributed by atoms with E-state index in [2.05, 4.69) is 11.7 Å². The van der Waals surface area contributed by atoms with Crippen LogP contribution in [0.5, 0.6) is 0 Å². The molecule has 0 amide bonds. The summed E-state index contributed by atoms with van der Waals surface area (Å²) in [4.78, 5) is 33.1. The van der Waals surface area contributed by atoms with E-state index in [1.807, 2.05) is 37.3 Å². The number of unbranched alkanes of at least 4 members (excludes halogenated alkanes) is 1. The first-order valence-corrected chi connectivity index (χ1v) is 9.40. The first-order chi connectivity index (χ1) is 12.9. The number of hydrogen-bond donors (Lipinski definition) is 1. The molecule has 0 bridgehead atoms. The van der Waals surface area contributed by atoms with Gasteiger partial charge in [-0.15, -0.1) is 0 Å². The van der Waals surface area contributed by atoms with Crippen LogP contribution in [0.1, 0.15) is 63.2 Å². The zero-order valence-corrected chi connectivity index (χ0v) is 16.2. The number of ether oxygens (including phenoxy) is 1. The Hall–Kier alpha value is -2.69. The molecule has 0 radical (unpaired) electrons. The second kappa shape index (κ2) is 11.8. The highest BCUT2D eigenvalue weighted by molar-refractivity contribution is 6.03. The van der Waals surface area contributed by atoms with Gasteiger partial charge in [-0.3, -0.25) is 9.59 Å². The van der Waals surface area contributed by atoms with E-state index >= 15 is 0 Å². The molecule has 0 aliphatic carbocycles. The number of carbonyl (C=O) groups is 3. The maximum atomic E-state index is 11.4. The molecule has 146 valence electrons. The van der Waals surface area contributed by atoms with Crippen LogP contribution in [0.4, 0.5) is 0 Å². The Labute approximate surface area is 160 Å². The molecule has 0 heterocycles. The number of carboxylic acids is 1. The molecular formula is C22H28O5. The van der Waals surface area contributed by atoms with Gasteiger partial charge in [0.05, 0.1) is 11.5 Å². The van der Waals surface area contributed by atoms with Crippen LogP contribution in [-0.2, 0) is 14.3 Å². The van der Waals surface area contributed by atoms with Gasteiger partial charge in [-0.2, -0.15) is 0 Å². The lowest BCUT2D eigenvalue weighted by atomic mass is 10.00. The van der Waals surface area contributed by atoms with Crippen LogP contribution in [-0.4, -0.2) is 23.0 Å². The van der Waals surface area contributed by atoms with Crippen molar-refractivity contribution in [2.75, 3.05) is 0 Å². The molecule has 0 aliphatic heterocycles. The molecule has 0 spiro atoms. The number of benzene rings is 2. The Morgan fingerprint density at radius 2 is 1.67 bits per heavy atom. The second-order valence-corrected chi connectivity index (χ2v) is 6.23. The molecule has 0 saturated carbocycles. The second-order valence-electron chi connectivity index (χ2n) is 6.23. The van der Waals surface area contributed by atoms with Crippen LogP contribution >= 0.6 is 0 Å². The van der Waals surface area contributed by atoms with Gasteiger partial charge in [-0.1, -0.05) is 70.0 Å². The number of fused-ring (bicyclic) bond motifs is 1. The Morgan fingerprint density at radius 1 is 1.00 bits per heavy atom. The molecule has 2 aromatic carbocycles. The van der Waals surface area contributed by atoms with Crippen molar-refractivity contribution in [3.63, 3.8) is 0 Å². The Balaban J connectivity index is 0.000000270. The normalized spacial score (nSPS) is 11.2. The summed E-state index contributed by atoms with van der Waals surface area (Å²) in [6, 6.07) is 12.7. The molecule has 27 heavy (non-hydrogen) atoms. The Kier molecular flexibility index (Phi) is 9.80. The lowest BCUT2D eigenvalue weighted by molar-refractivity contribution is -0.162. The van der Waals surface area contributed by atoms with E-state index < -0.39 is 11.9 Å². The SMILES string of the molecule is CCCCC(CC)C(=O)OC(=O)CC.O=C(O)c1cccc2ccccc12. The zero-order chi connectivity index (χ0) is 20.2. The summed E-state index contributed by atoms with van der Waals surface area (Å²) in [6.45, 7) is 5.70. The van der Waals surface area contributed by atoms with E-state index in [4.69, 9.17) is 5.11 Å². The van der Waals surface area contributed by atoms with Gasteiger partial charge in [0, 0.05) is 6.42 Å². The average molecular weight is 372 g/mol. The summed E-state index contributed by atoms with van der Waals surface area (Å²) >= 11 is 0. The van der Waals surface area contributed by atoms with Crippen LogP contribution in [0.2, 0.25) is 0 Å². The fourth-order valence-electron chi connectivity index (χ4n) is 2.62. The van der Waals surface area contributed by atoms with Gasteiger partial charge in [-0.05, 0) is 29.7 Å². The molecular weight excluding hydrogens is 344 g/mol. The highest BCUT2D eigenvalue weighted by Gasteiger charge is 2.19. The van der Waals surface area contributed by atoms with Crippen molar-refractivity contribution in [2.45, 2.75) is 52.9 Å². The van der Waals surface area contributed by atoms with Crippen molar-refractivity contribution >= 4 is 28.7 Å². The predicted octanol–water partition coefficient (Wildman–Crippen LogP) is 5.22. The van der Waals surface area contributed by atoms with E-state index in [1.54, 1.807) is 19.1 Å². The van der Waals surface area contributed by atoms with E-state index in [1.165, 1.54) is 0 Å². The van der Waals surface area contributed by atoms with Crippen LogP contribution in [0.25, 0.3) is 10.8 Å². The summed E-state index contributed by atoms with van der Waals surface area (Å²) in [5.74, 6) is -1.76. The zero-order valence-electron chi connectivity index (χ0n) is 16.2. The molecule has 2 rings (SSSR count). The summed E-state index contributed by atoms with van der Waals surface area (Å²) in [5, 5.41) is 10.6. The molecule has 5 nitrogen and oxygen atoms in total. The highest BCUT2D eigenvalue weighted by Crippen LogP contribution is 2.18. The third-order valence-electron chi connectivity index (χ3n) is 4.26. The number of aromatic carboxylic acids is 1. The minimum atomic E-state index is -0.878. The van der Waals surface area contributed by atoms with E-state index in [-0.39, 0.29) is 18.3 Å². The maximum absolute atomic E-state index is 11.4. The van der Waals surface area contributed by atoms with E-state index in [0.717, 1.165) is 36.5 Å². The molecule has 1 N–H and O–H groups in total. The topological polar surface area (TPSA) is 80.7 Å². The van der Waals surface area contributed by atoms with Gasteiger partial charge >= 0.3 is 17.9 Å². The van der Waals surface area contributed by atoms with Crippen LogP contribution < -0.4 is 0 Å². The molecule has 0 aliphatic rings. The van der Waals surface area contributed by atoms with Gasteiger partial charge in [0.25, 0.3) is 0 Å². The third kappa shape index (κ3) is 7.21. The molecule has 2 aromatic rings. The lowest BCUT2D eigenvalue weighted by Gasteiger charge is -2.11. The van der Waals surface area contributed by atoms with Crippen molar-refractivity contribution in [1.29, 1.82) is 0 Å². The summed E-state index contributed by atoms with van der Waals surface area (Å²) in [5.41, 5.74) is 0.359. The van der Waals surface area contributed by atoms with Crippen molar-refractivity contribution in [2.24, 2.45) is 5.92 Å². The molecule has 0 aromatic heterocycles. The van der Waals surface area contributed by atoms with Gasteiger partial charge in [0.2, 0.25) is 0 Å². The maximum Gasteiger partial charge on any atom is 0.336 e. The number of esters is 2. The standard InChI is InChI=1S/C11H20O3.C11H8O2/c1-4-7-8-9(5-2)11(13)14-10(12)6-3;12-11(13)10-7-3-5-8-4-1-2-6-9(8)10/h9H,4-8H2,1-3H3;1-7H,(H,12,13). The number of carbonyl (C=O) groups excluding carboxylic acids is 2. The van der Waals surface area contributed by atoms with Crippen molar-refractivity contribution in [3.05, 3.63) is 48.0 Å². The predicted molar refractivity (Wildman–Crippen MR) is 106 cm³/mol. The van der Waals surface area contributed by atoms with E-state index in [9.17, 15) is 14.4 Å². The molecule has 1 atom stereocenters. The van der Waals surface area contributed by atoms with Crippen molar-refractivity contribution in [3.8, 4) is 0 Å². The minimum absolute atomic E-state index is 0.106. The highest BCUT2D eigenvalue weighted by atomic mass is 16.6. The van der Waals surface area contributed by atoms with Gasteiger partial charge in [-0.25, -0.2) is 4.79 Å². The van der Waals surface area contributed by atoms with Crippen molar-refractivity contribution < 1.29 is 24.2 Å². The van der Waals surface area contributed by atoms with Crippen LogP contribution in [0.15, 0.2) is 42.5 Å². The van der Waals surface area contributed by atoms with E-state index in [0.29, 0.717) is 5.56 Å². The summed E-state index contributed by atoms with van der Waals surface area (Å²) < 4.78 is 4.67. The fraction of sp³-hybridized carbons (Fsp3) is 0.409. The molecule has 5 heteroatoms. The Morgan fingerprint density at radius 3 is 2.26 bits per heavy atom. The summed E-state index contributed by atoms with van der Waals surface area (Å²) in [6.07, 6.45) is 3.90. The Bertz CT molecular complexity index is 761. The largest absolute Gasteiger partial charge is 0.478 e. The van der Waals surface area contributed by atoms with Gasteiger partial charge in [0.15, 0.2) is 0 Å². The molecule has 0 saturated heterocycles. The van der Waals surface area contributed by atoms with Crippen molar-refractivity contribution in [1.82, 2.24) is 0 Å². The summed E-state index contributed by atoms with van der Waals surface area (Å²) in [7, 11) is 0. The van der Waals surface area contributed by atoms with Gasteiger partial charge in [0.1, 0.15) is 0 Å². The molecule has 0 fully saturated rings. The van der Waals surface area contributed by atoms with Crippen LogP contribution in [0.3, 0.4) is 0 Å². The fourth-order valence-corrected chi connectivity index (χ4v) is 2.62. The monoisotopic (exact) mass is 372 g/mol. The third-order valence-corrected chi connectivity index (χ3v) is 4.26. The lowest BCUT2D eigenvalue weighted by Crippen LogP contribution is -2.20. The number of rotatable bonds is 7.